The third kappa shape index (κ3) is 2.64. The summed E-state index contributed by atoms with van der Waals surface area (Å²) in [4.78, 5) is 12.6. The molecule has 114 valence electrons. The molecule has 0 bridgehead atoms. The molecule has 4 nitrogen and oxygen atoms in total. The molecule has 1 heterocycles. The number of ether oxygens (including phenoxy) is 2. The minimum Gasteiger partial charge on any atom is -0.493 e. The van der Waals surface area contributed by atoms with Gasteiger partial charge >= 0.3 is 5.97 Å². The van der Waals surface area contributed by atoms with E-state index < -0.39 is 5.54 Å². The number of fused-ring (bicyclic) bond motifs is 1. The summed E-state index contributed by atoms with van der Waals surface area (Å²) < 4.78 is 10.8. The van der Waals surface area contributed by atoms with Gasteiger partial charge in [-0.25, -0.2) is 4.79 Å². The largest absolute Gasteiger partial charge is 0.493 e. The van der Waals surface area contributed by atoms with Gasteiger partial charge in [-0.15, -0.1) is 0 Å². The maximum Gasteiger partial charge on any atom is 0.331 e. The third-order valence-corrected chi connectivity index (χ3v) is 4.67. The topological polar surface area (TPSA) is 47.6 Å². The predicted octanol–water partition coefficient (Wildman–Crippen LogP) is 2.76. The van der Waals surface area contributed by atoms with Crippen LogP contribution in [-0.4, -0.2) is 25.7 Å². The average molecular weight is 289 g/mol. The van der Waals surface area contributed by atoms with Crippen molar-refractivity contribution in [2.75, 3.05) is 13.7 Å². The van der Waals surface area contributed by atoms with Crippen LogP contribution < -0.4 is 10.1 Å². The average Bonchev–Trinajstić information content (AvgIpc) is 2.55. The first-order valence-electron chi connectivity index (χ1n) is 7.85. The highest BCUT2D eigenvalue weighted by Gasteiger charge is 2.46. The van der Waals surface area contributed by atoms with Crippen LogP contribution in [0.15, 0.2) is 24.3 Å². The van der Waals surface area contributed by atoms with Crippen molar-refractivity contribution in [2.24, 2.45) is 0 Å². The molecule has 1 unspecified atom stereocenters. The maximum atomic E-state index is 12.6. The van der Waals surface area contributed by atoms with Gasteiger partial charge in [0.2, 0.25) is 0 Å². The standard InChI is InChI=1S/C17H23NO3/c1-20-16(19)17(18-13-7-3-2-4-8-13)11-12-21-15-10-6-5-9-14(15)17/h5-6,9-10,13,18H,2-4,7-8,11-12H2,1H3. The van der Waals surface area contributed by atoms with E-state index in [-0.39, 0.29) is 5.97 Å². The predicted molar refractivity (Wildman–Crippen MR) is 80.3 cm³/mol. The van der Waals surface area contributed by atoms with Gasteiger partial charge in [0.25, 0.3) is 0 Å². The highest BCUT2D eigenvalue weighted by Crippen LogP contribution is 2.39. The Bertz CT molecular complexity index is 511. The smallest absolute Gasteiger partial charge is 0.331 e. The zero-order valence-electron chi connectivity index (χ0n) is 12.6. The summed E-state index contributed by atoms with van der Waals surface area (Å²) in [6, 6.07) is 8.17. The van der Waals surface area contributed by atoms with Crippen molar-refractivity contribution in [1.29, 1.82) is 0 Å². The minimum atomic E-state index is -0.758. The van der Waals surface area contributed by atoms with Gasteiger partial charge in [0, 0.05) is 18.0 Å². The Morgan fingerprint density at radius 1 is 1.29 bits per heavy atom. The SMILES string of the molecule is COC(=O)C1(NC2CCCCC2)CCOc2ccccc21. The molecule has 1 aliphatic heterocycles. The van der Waals surface area contributed by atoms with E-state index in [0.717, 1.165) is 24.2 Å². The molecular formula is C17H23NO3. The highest BCUT2D eigenvalue weighted by atomic mass is 16.5. The number of rotatable bonds is 3. The Morgan fingerprint density at radius 3 is 2.81 bits per heavy atom. The second-order valence-corrected chi connectivity index (χ2v) is 5.97. The number of methoxy groups -OCH3 is 1. The second-order valence-electron chi connectivity index (χ2n) is 5.97. The van der Waals surface area contributed by atoms with E-state index in [1.807, 2.05) is 24.3 Å². The summed E-state index contributed by atoms with van der Waals surface area (Å²) in [5.41, 5.74) is 0.152. The minimum absolute atomic E-state index is 0.205. The van der Waals surface area contributed by atoms with E-state index in [9.17, 15) is 4.79 Å². The first kappa shape index (κ1) is 14.4. The van der Waals surface area contributed by atoms with Gasteiger partial charge in [0.15, 0.2) is 0 Å². The van der Waals surface area contributed by atoms with Gasteiger partial charge in [0.1, 0.15) is 11.3 Å². The van der Waals surface area contributed by atoms with Crippen LogP contribution >= 0.6 is 0 Å². The fourth-order valence-corrected chi connectivity index (χ4v) is 3.58. The van der Waals surface area contributed by atoms with Crippen LogP contribution in [0.25, 0.3) is 0 Å². The van der Waals surface area contributed by atoms with E-state index >= 15 is 0 Å². The zero-order valence-corrected chi connectivity index (χ0v) is 12.6. The number of carbonyl (C=O) groups is 1. The van der Waals surface area contributed by atoms with Gasteiger partial charge < -0.3 is 9.47 Å². The third-order valence-electron chi connectivity index (χ3n) is 4.67. The molecular weight excluding hydrogens is 266 g/mol. The van der Waals surface area contributed by atoms with Crippen LogP contribution in [0.5, 0.6) is 5.75 Å². The van der Waals surface area contributed by atoms with Crippen molar-refractivity contribution in [3.8, 4) is 5.75 Å². The van der Waals surface area contributed by atoms with Crippen molar-refractivity contribution in [3.63, 3.8) is 0 Å². The Labute approximate surface area is 125 Å². The van der Waals surface area contributed by atoms with E-state index in [0.29, 0.717) is 19.1 Å². The van der Waals surface area contributed by atoms with Gasteiger partial charge in [-0.3, -0.25) is 5.32 Å². The molecule has 0 saturated heterocycles. The molecule has 0 radical (unpaired) electrons. The molecule has 1 atom stereocenters. The summed E-state index contributed by atoms with van der Waals surface area (Å²) in [6.45, 7) is 0.534. The number of benzene rings is 1. The number of para-hydroxylation sites is 1. The maximum absolute atomic E-state index is 12.6. The summed E-state index contributed by atoms with van der Waals surface area (Å²) in [5, 5.41) is 3.62. The molecule has 1 fully saturated rings. The first-order chi connectivity index (χ1) is 10.3. The molecule has 0 aromatic heterocycles. The normalized spacial score (nSPS) is 25.8. The summed E-state index contributed by atoms with van der Waals surface area (Å²) in [6.07, 6.45) is 6.62. The Hall–Kier alpha value is -1.55. The summed E-state index contributed by atoms with van der Waals surface area (Å²) >= 11 is 0. The lowest BCUT2D eigenvalue weighted by Gasteiger charge is -2.40. The van der Waals surface area contributed by atoms with E-state index in [1.54, 1.807) is 0 Å². The molecule has 1 aromatic carbocycles. The fourth-order valence-electron chi connectivity index (χ4n) is 3.58. The summed E-state index contributed by atoms with van der Waals surface area (Å²) in [5.74, 6) is 0.585. The van der Waals surface area contributed by atoms with E-state index in [2.05, 4.69) is 5.32 Å². The fraction of sp³-hybridized carbons (Fsp3) is 0.588. The molecule has 21 heavy (non-hydrogen) atoms. The Morgan fingerprint density at radius 2 is 2.05 bits per heavy atom. The molecule has 1 aliphatic carbocycles. The molecule has 0 amide bonds. The molecule has 0 spiro atoms. The van der Waals surface area contributed by atoms with Crippen LogP contribution in [0.2, 0.25) is 0 Å². The molecule has 1 saturated carbocycles. The quantitative estimate of drug-likeness (QED) is 0.869. The Balaban J connectivity index is 1.96. The summed E-state index contributed by atoms with van der Waals surface area (Å²) in [7, 11) is 1.46. The van der Waals surface area contributed by atoms with Crippen molar-refractivity contribution in [3.05, 3.63) is 29.8 Å². The van der Waals surface area contributed by atoms with Crippen molar-refractivity contribution >= 4 is 5.97 Å². The van der Waals surface area contributed by atoms with Crippen LogP contribution in [0.4, 0.5) is 0 Å². The van der Waals surface area contributed by atoms with Gasteiger partial charge in [0.05, 0.1) is 13.7 Å². The number of esters is 1. The van der Waals surface area contributed by atoms with Gasteiger partial charge in [-0.2, -0.15) is 0 Å². The molecule has 3 rings (SSSR count). The highest BCUT2D eigenvalue weighted by molar-refractivity contribution is 5.84. The lowest BCUT2D eigenvalue weighted by Crippen LogP contribution is -2.56. The van der Waals surface area contributed by atoms with Crippen LogP contribution in [-0.2, 0) is 15.1 Å². The number of carbonyl (C=O) groups excluding carboxylic acids is 1. The van der Waals surface area contributed by atoms with Crippen LogP contribution in [0.1, 0.15) is 44.1 Å². The lowest BCUT2D eigenvalue weighted by atomic mass is 9.82. The lowest BCUT2D eigenvalue weighted by molar-refractivity contribution is -0.151. The Kier molecular flexibility index (Phi) is 4.15. The number of hydrogen-bond donors (Lipinski definition) is 1. The molecule has 1 aromatic rings. The van der Waals surface area contributed by atoms with E-state index in [1.165, 1.54) is 26.4 Å². The molecule has 4 heteroatoms. The first-order valence-corrected chi connectivity index (χ1v) is 7.85. The molecule has 2 aliphatic rings. The van der Waals surface area contributed by atoms with Crippen molar-refractivity contribution < 1.29 is 14.3 Å². The number of hydrogen-bond acceptors (Lipinski definition) is 4. The zero-order chi connectivity index (χ0) is 14.7. The van der Waals surface area contributed by atoms with Crippen LogP contribution in [0, 0.1) is 0 Å². The van der Waals surface area contributed by atoms with Crippen LogP contribution in [0.3, 0.4) is 0 Å². The van der Waals surface area contributed by atoms with Crippen molar-refractivity contribution in [2.45, 2.75) is 50.1 Å². The van der Waals surface area contributed by atoms with Gasteiger partial charge in [-0.1, -0.05) is 37.5 Å². The van der Waals surface area contributed by atoms with Gasteiger partial charge in [-0.05, 0) is 18.9 Å². The van der Waals surface area contributed by atoms with Crippen molar-refractivity contribution in [1.82, 2.24) is 5.32 Å². The molecule has 1 N–H and O–H groups in total. The monoisotopic (exact) mass is 289 g/mol. The number of nitrogens with one attached hydrogen (secondary N) is 1. The van der Waals surface area contributed by atoms with E-state index in [4.69, 9.17) is 9.47 Å². The second kappa shape index (κ2) is 6.06.